The number of carbonyl (C=O) groups is 2. The molecule has 1 aliphatic heterocycles. The summed E-state index contributed by atoms with van der Waals surface area (Å²) in [5.41, 5.74) is 0.496. The average molecular weight is 519 g/mol. The van der Waals surface area contributed by atoms with Gasteiger partial charge in [0.05, 0.1) is 32.8 Å². The molecule has 0 aromatic heterocycles. The maximum Gasteiger partial charge on any atom is 0.295 e. The molecule has 1 heterocycles. The lowest BCUT2D eigenvalue weighted by atomic mass is 9.95. The Bertz CT molecular complexity index is 1070. The summed E-state index contributed by atoms with van der Waals surface area (Å²) >= 11 is 3.39. The number of ether oxygens (including phenoxy) is 1. The van der Waals surface area contributed by atoms with Gasteiger partial charge in [0.25, 0.3) is 5.91 Å². The lowest BCUT2D eigenvalue weighted by molar-refractivity contribution is -0.858. The Hall–Kier alpha value is -2.71. The number of likely N-dealkylation sites (tertiary alicyclic amines) is 1. The van der Waals surface area contributed by atoms with Crippen LogP contribution >= 0.6 is 15.9 Å². The summed E-state index contributed by atoms with van der Waals surface area (Å²) in [6.07, 6.45) is 0.440. The van der Waals surface area contributed by atoms with Crippen molar-refractivity contribution in [2.45, 2.75) is 32.4 Å². The van der Waals surface area contributed by atoms with Crippen molar-refractivity contribution in [1.29, 1.82) is 0 Å². The number of hydrogen-bond donors (Lipinski definition) is 1. The van der Waals surface area contributed by atoms with E-state index in [1.807, 2.05) is 14.1 Å². The number of benzene rings is 2. The van der Waals surface area contributed by atoms with Crippen molar-refractivity contribution in [3.05, 3.63) is 69.5 Å². The standard InChI is InChI=1S/C25H28BrFN2O4/c1-15(2)33-20-11-8-17(14-19(20)27)23(30)21-22(16-6-9-18(26)10-7-16)29(25(32)24(21)31)13-5-12-28(3)4/h6-11,14-15,22,30H,5,12-13H2,1-4H3. The fraction of sp³-hybridized carbons (Fsp3) is 0.360. The van der Waals surface area contributed by atoms with Crippen LogP contribution in [0, 0.1) is 5.82 Å². The molecule has 1 unspecified atom stereocenters. The van der Waals surface area contributed by atoms with Gasteiger partial charge in [-0.15, -0.1) is 0 Å². The minimum absolute atomic E-state index is 0.00135. The van der Waals surface area contributed by atoms with Crippen molar-refractivity contribution in [2.24, 2.45) is 0 Å². The number of nitrogens with one attached hydrogen (secondary N) is 1. The van der Waals surface area contributed by atoms with E-state index >= 15 is 0 Å². The molecule has 0 spiro atoms. The fourth-order valence-corrected chi connectivity index (χ4v) is 4.11. The van der Waals surface area contributed by atoms with Crippen LogP contribution in [0.25, 0.3) is 5.76 Å². The van der Waals surface area contributed by atoms with E-state index in [2.05, 4.69) is 15.9 Å². The minimum Gasteiger partial charge on any atom is -0.872 e. The number of carbonyl (C=O) groups excluding carboxylic acids is 2. The van der Waals surface area contributed by atoms with Crippen molar-refractivity contribution in [3.8, 4) is 5.75 Å². The zero-order chi connectivity index (χ0) is 24.3. The van der Waals surface area contributed by atoms with Crippen LogP contribution in [0.1, 0.15) is 37.4 Å². The van der Waals surface area contributed by atoms with Gasteiger partial charge in [0.2, 0.25) is 5.78 Å². The van der Waals surface area contributed by atoms with Gasteiger partial charge in [-0.2, -0.15) is 0 Å². The third-order valence-electron chi connectivity index (χ3n) is 5.35. The van der Waals surface area contributed by atoms with Gasteiger partial charge in [-0.25, -0.2) is 4.39 Å². The SMILES string of the molecule is CC(C)Oc1ccc(C([O-])=C2C(=O)C(=O)N(CCC[NH+](C)C)C2c2ccc(Br)cc2)cc1F. The first-order valence-corrected chi connectivity index (χ1v) is 11.7. The molecule has 2 aromatic rings. The highest BCUT2D eigenvalue weighted by Gasteiger charge is 2.43. The van der Waals surface area contributed by atoms with Crippen molar-refractivity contribution in [2.75, 3.05) is 27.2 Å². The van der Waals surface area contributed by atoms with Crippen LogP contribution in [0.2, 0.25) is 0 Å². The van der Waals surface area contributed by atoms with E-state index in [1.54, 1.807) is 38.1 Å². The Morgan fingerprint density at radius 3 is 2.42 bits per heavy atom. The number of nitrogens with zero attached hydrogens (tertiary/aromatic N) is 1. The van der Waals surface area contributed by atoms with Gasteiger partial charge >= 0.3 is 0 Å². The molecule has 1 atom stereocenters. The summed E-state index contributed by atoms with van der Waals surface area (Å²) in [5, 5.41) is 13.4. The van der Waals surface area contributed by atoms with E-state index in [0.29, 0.717) is 18.5 Å². The highest BCUT2D eigenvalue weighted by Crippen LogP contribution is 2.39. The zero-order valence-electron chi connectivity index (χ0n) is 19.2. The van der Waals surface area contributed by atoms with E-state index in [-0.39, 0.29) is 23.0 Å². The van der Waals surface area contributed by atoms with Crippen molar-refractivity contribution in [3.63, 3.8) is 0 Å². The molecule has 1 saturated heterocycles. The lowest BCUT2D eigenvalue weighted by Gasteiger charge is -2.28. The van der Waals surface area contributed by atoms with Crippen LogP contribution < -0.4 is 14.7 Å². The van der Waals surface area contributed by atoms with Crippen LogP contribution in [0.4, 0.5) is 4.39 Å². The van der Waals surface area contributed by atoms with Crippen molar-refractivity contribution < 1.29 is 28.7 Å². The average Bonchev–Trinajstić information content (AvgIpc) is 2.99. The van der Waals surface area contributed by atoms with Crippen LogP contribution in [-0.4, -0.2) is 49.9 Å². The molecular formula is C25H28BrFN2O4. The first kappa shape index (κ1) is 24.9. The predicted molar refractivity (Wildman–Crippen MR) is 125 cm³/mol. The molecule has 0 aliphatic carbocycles. The molecule has 2 aromatic carbocycles. The monoisotopic (exact) mass is 518 g/mol. The largest absolute Gasteiger partial charge is 0.872 e. The van der Waals surface area contributed by atoms with Crippen LogP contribution in [0.15, 0.2) is 52.5 Å². The van der Waals surface area contributed by atoms with Gasteiger partial charge in [0, 0.05) is 23.0 Å². The summed E-state index contributed by atoms with van der Waals surface area (Å²) in [5.74, 6) is -2.87. The topological polar surface area (TPSA) is 74.1 Å². The Morgan fingerprint density at radius 1 is 1.18 bits per heavy atom. The van der Waals surface area contributed by atoms with Gasteiger partial charge in [0.15, 0.2) is 11.6 Å². The third-order valence-corrected chi connectivity index (χ3v) is 5.88. The third kappa shape index (κ3) is 5.62. The number of amides is 1. The molecule has 1 aliphatic rings. The second kappa shape index (κ2) is 10.5. The van der Waals surface area contributed by atoms with Gasteiger partial charge < -0.3 is 19.6 Å². The molecule has 8 heteroatoms. The smallest absolute Gasteiger partial charge is 0.295 e. The van der Waals surface area contributed by atoms with Gasteiger partial charge in [0.1, 0.15) is 0 Å². The first-order valence-electron chi connectivity index (χ1n) is 10.9. The zero-order valence-corrected chi connectivity index (χ0v) is 20.7. The maximum absolute atomic E-state index is 14.6. The highest BCUT2D eigenvalue weighted by atomic mass is 79.9. The lowest BCUT2D eigenvalue weighted by Crippen LogP contribution is -3.05. The summed E-state index contributed by atoms with van der Waals surface area (Å²) in [6, 6.07) is 10.2. The Kier molecular flexibility index (Phi) is 7.92. The molecule has 0 saturated carbocycles. The van der Waals surface area contributed by atoms with Crippen molar-refractivity contribution in [1.82, 2.24) is 4.90 Å². The Morgan fingerprint density at radius 2 is 1.85 bits per heavy atom. The Labute approximate surface area is 201 Å². The van der Waals surface area contributed by atoms with Crippen LogP contribution in [0.5, 0.6) is 5.75 Å². The summed E-state index contributed by atoms with van der Waals surface area (Å²) in [6.45, 7) is 4.68. The van der Waals surface area contributed by atoms with Gasteiger partial charge in [-0.05, 0) is 49.2 Å². The molecule has 33 heavy (non-hydrogen) atoms. The molecule has 1 N–H and O–H groups in total. The molecule has 3 rings (SSSR count). The number of quaternary nitrogens is 1. The maximum atomic E-state index is 14.6. The summed E-state index contributed by atoms with van der Waals surface area (Å²) in [4.78, 5) is 28.6. The minimum atomic E-state index is -0.840. The second-order valence-corrected chi connectivity index (χ2v) is 9.56. The summed E-state index contributed by atoms with van der Waals surface area (Å²) in [7, 11) is 4.01. The Balaban J connectivity index is 2.07. The molecule has 1 fully saturated rings. The van der Waals surface area contributed by atoms with Crippen LogP contribution in [0.3, 0.4) is 0 Å². The fourth-order valence-electron chi connectivity index (χ4n) is 3.84. The molecule has 176 valence electrons. The summed E-state index contributed by atoms with van der Waals surface area (Å²) < 4.78 is 20.8. The second-order valence-electron chi connectivity index (χ2n) is 8.65. The van der Waals surface area contributed by atoms with Gasteiger partial charge in [-0.3, -0.25) is 9.59 Å². The number of hydrogen-bond acceptors (Lipinski definition) is 4. The quantitative estimate of drug-likeness (QED) is 0.330. The number of ketones is 1. The van der Waals surface area contributed by atoms with E-state index in [1.165, 1.54) is 21.9 Å². The van der Waals surface area contributed by atoms with E-state index < -0.39 is 29.3 Å². The van der Waals surface area contributed by atoms with E-state index in [4.69, 9.17) is 4.74 Å². The molecular weight excluding hydrogens is 491 g/mol. The molecule has 0 bridgehead atoms. The number of rotatable bonds is 8. The van der Waals surface area contributed by atoms with Gasteiger partial charge in [-0.1, -0.05) is 39.9 Å². The molecule has 6 nitrogen and oxygen atoms in total. The normalized spacial score (nSPS) is 17.9. The van der Waals surface area contributed by atoms with Crippen molar-refractivity contribution >= 4 is 33.4 Å². The van der Waals surface area contributed by atoms with E-state index in [0.717, 1.165) is 17.1 Å². The molecule has 0 radical (unpaired) electrons. The highest BCUT2D eigenvalue weighted by molar-refractivity contribution is 9.10. The van der Waals surface area contributed by atoms with Crippen LogP contribution in [-0.2, 0) is 9.59 Å². The number of halogens is 2. The van der Waals surface area contributed by atoms with E-state index in [9.17, 15) is 19.1 Å². The number of Topliss-reactive ketones (excluding diaryl/α,β-unsaturated/α-hetero) is 1. The molecule has 1 amide bonds. The predicted octanol–water partition coefficient (Wildman–Crippen LogP) is 2.13. The first-order chi connectivity index (χ1) is 15.6.